The predicted molar refractivity (Wildman–Crippen MR) is 111 cm³/mol. The lowest BCUT2D eigenvalue weighted by Gasteiger charge is -2.45. The minimum absolute atomic E-state index is 0.0302. The van der Waals surface area contributed by atoms with E-state index in [4.69, 9.17) is 0 Å². The Morgan fingerprint density at radius 3 is 2.68 bits per heavy atom. The van der Waals surface area contributed by atoms with Crippen molar-refractivity contribution < 1.29 is 4.79 Å². The first-order valence-corrected chi connectivity index (χ1v) is 10.4. The van der Waals surface area contributed by atoms with E-state index in [1.165, 1.54) is 16.9 Å². The Labute approximate surface area is 168 Å². The van der Waals surface area contributed by atoms with Crippen LogP contribution in [0.5, 0.6) is 0 Å². The van der Waals surface area contributed by atoms with E-state index in [1.807, 2.05) is 19.2 Å². The van der Waals surface area contributed by atoms with Crippen molar-refractivity contribution in [2.24, 2.45) is 0 Å². The Hall–Kier alpha value is -2.64. The lowest BCUT2D eigenvalue weighted by atomic mass is 9.93. The SMILES string of the molecule is Cc1[nH]ncc1-c1cc2c(s1)C(=O)NC1(CCN(Cc3ccccc3)CC1)N2. The number of carbonyl (C=O) groups is 1. The van der Waals surface area contributed by atoms with Gasteiger partial charge in [-0.25, -0.2) is 0 Å². The van der Waals surface area contributed by atoms with Crippen LogP contribution in [-0.2, 0) is 6.54 Å². The smallest absolute Gasteiger partial charge is 0.265 e. The van der Waals surface area contributed by atoms with E-state index < -0.39 is 0 Å². The molecular formula is C21H23N5OS. The van der Waals surface area contributed by atoms with Crippen LogP contribution in [0.4, 0.5) is 5.69 Å². The summed E-state index contributed by atoms with van der Waals surface area (Å²) in [4.78, 5) is 17.1. The average Bonchev–Trinajstić information content (AvgIpc) is 3.31. The topological polar surface area (TPSA) is 73.0 Å². The average molecular weight is 394 g/mol. The van der Waals surface area contributed by atoms with Crippen LogP contribution in [0.25, 0.3) is 10.4 Å². The molecule has 1 spiro atoms. The number of rotatable bonds is 3. The van der Waals surface area contributed by atoms with Gasteiger partial charge in [-0.3, -0.25) is 14.8 Å². The maximum Gasteiger partial charge on any atom is 0.265 e. The van der Waals surface area contributed by atoms with Gasteiger partial charge in [-0.1, -0.05) is 30.3 Å². The van der Waals surface area contributed by atoms with E-state index in [9.17, 15) is 4.79 Å². The molecule has 3 N–H and O–H groups in total. The molecular weight excluding hydrogens is 370 g/mol. The number of nitrogens with one attached hydrogen (secondary N) is 3. The number of aromatic amines is 1. The van der Waals surface area contributed by atoms with Gasteiger partial charge in [0.1, 0.15) is 10.5 Å². The van der Waals surface area contributed by atoms with Gasteiger partial charge < -0.3 is 10.6 Å². The fourth-order valence-electron chi connectivity index (χ4n) is 4.13. The number of likely N-dealkylation sites (tertiary alicyclic amines) is 1. The minimum atomic E-state index is -0.346. The summed E-state index contributed by atoms with van der Waals surface area (Å²) in [7, 11) is 0. The molecule has 4 heterocycles. The molecule has 7 heteroatoms. The molecule has 2 aliphatic heterocycles. The molecule has 6 nitrogen and oxygen atoms in total. The molecule has 28 heavy (non-hydrogen) atoms. The molecule has 1 aromatic carbocycles. The summed E-state index contributed by atoms with van der Waals surface area (Å²) in [5.74, 6) is 0.0302. The van der Waals surface area contributed by atoms with Crippen LogP contribution in [0.3, 0.4) is 0 Å². The second-order valence-corrected chi connectivity index (χ2v) is 8.74. The molecule has 0 bridgehead atoms. The second-order valence-electron chi connectivity index (χ2n) is 7.69. The van der Waals surface area contributed by atoms with Crippen LogP contribution >= 0.6 is 11.3 Å². The highest BCUT2D eigenvalue weighted by Crippen LogP contribution is 2.40. The first-order valence-electron chi connectivity index (χ1n) is 9.63. The van der Waals surface area contributed by atoms with Gasteiger partial charge in [0.05, 0.1) is 11.9 Å². The zero-order valence-corrected chi connectivity index (χ0v) is 16.6. The number of nitrogens with zero attached hydrogens (tertiary/aromatic N) is 2. The Morgan fingerprint density at radius 1 is 1.18 bits per heavy atom. The highest BCUT2D eigenvalue weighted by atomic mass is 32.1. The van der Waals surface area contributed by atoms with Crippen molar-refractivity contribution in [3.8, 4) is 10.4 Å². The number of carbonyl (C=O) groups excluding carboxylic acids is 1. The first kappa shape index (κ1) is 17.5. The summed E-state index contributed by atoms with van der Waals surface area (Å²) < 4.78 is 0. The Balaban J connectivity index is 1.32. The van der Waals surface area contributed by atoms with Crippen LogP contribution in [0.1, 0.15) is 33.8 Å². The van der Waals surface area contributed by atoms with Gasteiger partial charge in [0.15, 0.2) is 0 Å². The van der Waals surface area contributed by atoms with Gasteiger partial charge in [-0.2, -0.15) is 5.10 Å². The third-order valence-electron chi connectivity index (χ3n) is 5.72. The summed E-state index contributed by atoms with van der Waals surface area (Å²) in [6, 6.07) is 12.6. The summed E-state index contributed by atoms with van der Waals surface area (Å²) in [6.07, 6.45) is 3.60. The van der Waals surface area contributed by atoms with Crippen molar-refractivity contribution in [1.29, 1.82) is 0 Å². The molecule has 2 aliphatic rings. The van der Waals surface area contributed by atoms with E-state index in [-0.39, 0.29) is 11.6 Å². The number of aryl methyl sites for hydroxylation is 1. The summed E-state index contributed by atoms with van der Waals surface area (Å²) in [5.41, 5.74) is 4.00. The van der Waals surface area contributed by atoms with Gasteiger partial charge in [0.2, 0.25) is 0 Å². The summed E-state index contributed by atoms with van der Waals surface area (Å²) in [5, 5.41) is 14.0. The van der Waals surface area contributed by atoms with E-state index in [1.54, 1.807) is 0 Å². The maximum absolute atomic E-state index is 12.8. The number of aromatic nitrogens is 2. The summed E-state index contributed by atoms with van der Waals surface area (Å²) >= 11 is 1.52. The molecule has 2 aromatic heterocycles. The molecule has 0 aliphatic carbocycles. The summed E-state index contributed by atoms with van der Waals surface area (Å²) in [6.45, 7) is 4.86. The predicted octanol–water partition coefficient (Wildman–Crippen LogP) is 3.59. The zero-order chi connectivity index (χ0) is 19.1. The molecule has 1 amide bonds. The zero-order valence-electron chi connectivity index (χ0n) is 15.8. The van der Waals surface area contributed by atoms with E-state index in [0.717, 1.165) is 59.2 Å². The third-order valence-corrected chi connectivity index (χ3v) is 6.89. The third kappa shape index (κ3) is 3.10. The fourth-order valence-corrected chi connectivity index (χ4v) is 5.21. The number of piperidine rings is 1. The van der Waals surface area contributed by atoms with Crippen molar-refractivity contribution in [2.75, 3.05) is 18.4 Å². The lowest BCUT2D eigenvalue weighted by molar-refractivity contribution is 0.0827. The highest BCUT2D eigenvalue weighted by Gasteiger charge is 2.41. The van der Waals surface area contributed by atoms with Crippen molar-refractivity contribution in [2.45, 2.75) is 32.0 Å². The van der Waals surface area contributed by atoms with Gasteiger partial charge in [-0.15, -0.1) is 11.3 Å². The molecule has 0 unspecified atom stereocenters. The number of anilines is 1. The van der Waals surface area contributed by atoms with Crippen molar-refractivity contribution in [3.63, 3.8) is 0 Å². The van der Waals surface area contributed by atoms with Crippen molar-refractivity contribution in [1.82, 2.24) is 20.4 Å². The Kier molecular flexibility index (Phi) is 4.21. The molecule has 3 aromatic rings. The van der Waals surface area contributed by atoms with Crippen LogP contribution in [0.2, 0.25) is 0 Å². The van der Waals surface area contributed by atoms with Crippen molar-refractivity contribution in [3.05, 3.63) is 58.7 Å². The van der Waals surface area contributed by atoms with E-state index in [0.29, 0.717) is 0 Å². The Bertz CT molecular complexity index is 1000. The minimum Gasteiger partial charge on any atom is -0.361 e. The van der Waals surface area contributed by atoms with E-state index in [2.05, 4.69) is 56.1 Å². The van der Waals surface area contributed by atoms with Crippen molar-refractivity contribution >= 4 is 22.9 Å². The molecule has 1 fully saturated rings. The molecule has 1 saturated heterocycles. The van der Waals surface area contributed by atoms with Gasteiger partial charge in [0.25, 0.3) is 5.91 Å². The highest BCUT2D eigenvalue weighted by molar-refractivity contribution is 7.18. The largest absolute Gasteiger partial charge is 0.361 e. The molecule has 144 valence electrons. The van der Waals surface area contributed by atoms with Gasteiger partial charge >= 0.3 is 0 Å². The maximum atomic E-state index is 12.8. The standard InChI is InChI=1S/C21H23N5OS/c1-14-16(12-22-25-14)18-11-17-19(28-18)20(27)24-21(23-17)7-9-26(10-8-21)13-15-5-3-2-4-6-15/h2-6,11-12,23H,7-10,13H2,1H3,(H,22,25)(H,24,27). The van der Waals surface area contributed by atoms with Crippen LogP contribution < -0.4 is 10.6 Å². The Morgan fingerprint density at radius 2 is 1.96 bits per heavy atom. The number of benzene rings is 1. The molecule has 0 saturated carbocycles. The number of hydrogen-bond donors (Lipinski definition) is 3. The number of hydrogen-bond acceptors (Lipinski definition) is 5. The van der Waals surface area contributed by atoms with Crippen LogP contribution in [-0.4, -0.2) is 39.8 Å². The molecule has 0 radical (unpaired) electrons. The monoisotopic (exact) mass is 393 g/mol. The number of fused-ring (bicyclic) bond motifs is 1. The quantitative estimate of drug-likeness (QED) is 0.636. The van der Waals surface area contributed by atoms with Gasteiger partial charge in [0, 0.05) is 48.6 Å². The normalized spacial score (nSPS) is 18.5. The molecule has 0 atom stereocenters. The van der Waals surface area contributed by atoms with Crippen LogP contribution in [0, 0.1) is 6.92 Å². The van der Waals surface area contributed by atoms with Gasteiger partial charge in [-0.05, 0) is 18.6 Å². The van der Waals surface area contributed by atoms with Crippen LogP contribution in [0.15, 0.2) is 42.6 Å². The number of amides is 1. The fraction of sp³-hybridized carbons (Fsp3) is 0.333. The lowest BCUT2D eigenvalue weighted by Crippen LogP contribution is -2.61. The molecule has 5 rings (SSSR count). The first-order chi connectivity index (χ1) is 13.6. The number of H-pyrrole nitrogens is 1. The van der Waals surface area contributed by atoms with E-state index >= 15 is 0 Å². The number of thiophene rings is 1. The second kappa shape index (κ2) is 6.76.